The lowest BCUT2D eigenvalue weighted by Crippen LogP contribution is -2.14. The largest absolute Gasteiger partial charge is 0.345 e. The van der Waals surface area contributed by atoms with Gasteiger partial charge in [0.05, 0.1) is 0 Å². The molecular weight excluding hydrogens is 775 g/mol. The van der Waals surface area contributed by atoms with Gasteiger partial charge in [-0.25, -0.2) is 0 Å². The van der Waals surface area contributed by atoms with Crippen molar-refractivity contribution < 1.29 is 0 Å². The molecule has 0 spiro atoms. The van der Waals surface area contributed by atoms with E-state index >= 15 is 0 Å². The van der Waals surface area contributed by atoms with Crippen LogP contribution in [0, 0.1) is 0 Å². The second-order valence-corrected chi connectivity index (χ2v) is 15.6. The number of rotatable bonds is 14. The molecule has 0 saturated heterocycles. The second kappa shape index (κ2) is 19.1. The third kappa shape index (κ3) is 8.97. The van der Waals surface area contributed by atoms with Crippen molar-refractivity contribution in [3.63, 3.8) is 0 Å². The van der Waals surface area contributed by atoms with Crippen molar-refractivity contribution >= 4 is 39.8 Å². The summed E-state index contributed by atoms with van der Waals surface area (Å²) in [6, 6.07) is 84.1. The smallest absolute Gasteiger partial charge is 0.0462 e. The van der Waals surface area contributed by atoms with Crippen LogP contribution in [0.5, 0.6) is 0 Å². The van der Waals surface area contributed by atoms with Crippen LogP contribution < -0.4 is 14.7 Å². The van der Waals surface area contributed by atoms with Gasteiger partial charge in [-0.05, 0) is 142 Å². The molecular formula is C61H49N3. The molecule has 0 N–H and O–H groups in total. The number of anilines is 7. The first-order valence-electron chi connectivity index (χ1n) is 21.6. The Morgan fingerprint density at radius 3 is 0.875 bits per heavy atom. The van der Waals surface area contributed by atoms with E-state index in [1.54, 1.807) is 6.08 Å². The molecule has 64 heavy (non-hydrogen) atoms. The molecule has 0 heterocycles. The van der Waals surface area contributed by atoms with Crippen LogP contribution in [-0.2, 0) is 0 Å². The van der Waals surface area contributed by atoms with Crippen molar-refractivity contribution in [2.24, 2.45) is 0 Å². The van der Waals surface area contributed by atoms with Gasteiger partial charge in [0.25, 0.3) is 0 Å². The van der Waals surface area contributed by atoms with E-state index in [1.165, 1.54) is 38.9 Å². The topological polar surface area (TPSA) is 9.72 Å². The molecule has 0 aromatic heterocycles. The van der Waals surface area contributed by atoms with Crippen molar-refractivity contribution in [1.29, 1.82) is 0 Å². The molecule has 0 radical (unpaired) electrons. The molecule has 0 fully saturated rings. The predicted molar refractivity (Wildman–Crippen MR) is 274 cm³/mol. The maximum absolute atomic E-state index is 4.05. The third-order valence-electron chi connectivity index (χ3n) is 11.7. The first-order valence-corrected chi connectivity index (χ1v) is 21.6. The second-order valence-electron chi connectivity index (χ2n) is 15.6. The van der Waals surface area contributed by atoms with Crippen LogP contribution in [0.1, 0.15) is 0 Å². The van der Waals surface area contributed by atoms with E-state index in [1.807, 2.05) is 30.4 Å². The molecule has 9 rings (SSSR count). The summed E-state index contributed by atoms with van der Waals surface area (Å²) in [5.41, 5.74) is 18.2. The van der Waals surface area contributed by atoms with Gasteiger partial charge in [0.15, 0.2) is 0 Å². The van der Waals surface area contributed by atoms with Gasteiger partial charge in [-0.2, -0.15) is 0 Å². The number of benzene rings is 9. The summed E-state index contributed by atoms with van der Waals surface area (Å²) in [4.78, 5) is 6.70. The maximum Gasteiger partial charge on any atom is 0.0462 e. The van der Waals surface area contributed by atoms with Crippen LogP contribution >= 0.6 is 0 Å². The van der Waals surface area contributed by atoms with Gasteiger partial charge in [-0.15, -0.1) is 0 Å². The lowest BCUT2D eigenvalue weighted by molar-refractivity contribution is 1.21. The third-order valence-corrected chi connectivity index (χ3v) is 11.7. The van der Waals surface area contributed by atoms with Crippen molar-refractivity contribution in [3.8, 4) is 44.5 Å². The molecule has 3 nitrogen and oxygen atoms in total. The van der Waals surface area contributed by atoms with Crippen molar-refractivity contribution in [3.05, 3.63) is 274 Å². The zero-order valence-electron chi connectivity index (χ0n) is 36.0. The van der Waals surface area contributed by atoms with E-state index in [0.717, 1.165) is 51.1 Å². The fourth-order valence-electron chi connectivity index (χ4n) is 8.20. The van der Waals surface area contributed by atoms with Gasteiger partial charge in [-0.1, -0.05) is 171 Å². The summed E-state index contributed by atoms with van der Waals surface area (Å²) in [5.74, 6) is 0. The fourth-order valence-corrected chi connectivity index (χ4v) is 8.20. The maximum atomic E-state index is 4.05. The standard InChI is InChI=1S/C61H49N3/c1-4-15-54(5-2)63(57-16-9-6-10-17-57)60-42-34-52(35-43-60)48-26-22-46(23-27-48)50-30-38-55(39-31-50)62(3)56-40-32-51(33-41-56)47-24-28-49(29-25-47)53-36-44-61(45-37-53)64(58-18-11-7-12-19-58)59-20-13-8-14-21-59/h4-45H,1-2H2,3H3/b54-15+. The lowest BCUT2D eigenvalue weighted by Gasteiger charge is -2.26. The number of allylic oxidation sites excluding steroid dienone is 3. The zero-order valence-corrected chi connectivity index (χ0v) is 36.0. The predicted octanol–water partition coefficient (Wildman–Crippen LogP) is 17.0. The van der Waals surface area contributed by atoms with Gasteiger partial charge < -0.3 is 14.7 Å². The highest BCUT2D eigenvalue weighted by Gasteiger charge is 2.14. The van der Waals surface area contributed by atoms with Gasteiger partial charge in [0, 0.05) is 52.6 Å². The molecule has 9 aromatic rings. The van der Waals surface area contributed by atoms with Crippen LogP contribution in [0.3, 0.4) is 0 Å². The van der Waals surface area contributed by atoms with E-state index in [2.05, 4.69) is 253 Å². The Hall–Kier alpha value is -8.40. The van der Waals surface area contributed by atoms with Gasteiger partial charge >= 0.3 is 0 Å². The molecule has 0 unspecified atom stereocenters. The molecule has 0 amide bonds. The molecule has 0 atom stereocenters. The fraction of sp³-hybridized carbons (Fsp3) is 0.0164. The molecule has 0 aliphatic carbocycles. The quantitative estimate of drug-likeness (QED) is 0.101. The Balaban J connectivity index is 0.838. The Morgan fingerprint density at radius 1 is 0.312 bits per heavy atom. The molecule has 0 bridgehead atoms. The number of nitrogens with zero attached hydrogens (tertiary/aromatic N) is 3. The average Bonchev–Trinajstić information content (AvgIpc) is 3.38. The Bertz CT molecular complexity index is 2920. The summed E-state index contributed by atoms with van der Waals surface area (Å²) in [6.45, 7) is 7.96. The Labute approximate surface area is 378 Å². The minimum Gasteiger partial charge on any atom is -0.345 e. The molecule has 0 aliphatic rings. The molecule has 3 heteroatoms. The van der Waals surface area contributed by atoms with Gasteiger partial charge in [-0.3, -0.25) is 0 Å². The highest BCUT2D eigenvalue weighted by Crippen LogP contribution is 2.37. The van der Waals surface area contributed by atoms with E-state index < -0.39 is 0 Å². The van der Waals surface area contributed by atoms with Gasteiger partial charge in [0.2, 0.25) is 0 Å². The van der Waals surface area contributed by atoms with Crippen molar-refractivity contribution in [2.75, 3.05) is 21.7 Å². The molecule has 308 valence electrons. The van der Waals surface area contributed by atoms with E-state index in [4.69, 9.17) is 0 Å². The van der Waals surface area contributed by atoms with E-state index in [-0.39, 0.29) is 0 Å². The highest BCUT2D eigenvalue weighted by molar-refractivity contribution is 5.80. The summed E-state index contributed by atoms with van der Waals surface area (Å²) >= 11 is 0. The molecule has 0 aliphatic heterocycles. The van der Waals surface area contributed by atoms with Crippen LogP contribution in [0.15, 0.2) is 274 Å². The summed E-state index contributed by atoms with van der Waals surface area (Å²) in [6.07, 6.45) is 5.63. The molecule has 0 saturated carbocycles. The summed E-state index contributed by atoms with van der Waals surface area (Å²) in [7, 11) is 2.12. The Morgan fingerprint density at radius 2 is 0.562 bits per heavy atom. The Kier molecular flexibility index (Phi) is 12.2. The van der Waals surface area contributed by atoms with Crippen molar-refractivity contribution in [2.45, 2.75) is 0 Å². The van der Waals surface area contributed by atoms with Crippen LogP contribution in [0.25, 0.3) is 44.5 Å². The number of para-hydroxylation sites is 3. The SMILES string of the molecule is C=C/C=C(\C=C)N(c1ccccc1)c1ccc(-c2ccc(-c3ccc(N(C)c4ccc(-c5ccc(-c6ccc(N(c7ccccc7)c7ccccc7)cc6)cc5)cc4)cc3)cc2)cc1. The number of hydrogen-bond acceptors (Lipinski definition) is 3. The average molecular weight is 824 g/mol. The van der Waals surface area contributed by atoms with Crippen LogP contribution in [0.4, 0.5) is 39.8 Å². The van der Waals surface area contributed by atoms with E-state index in [9.17, 15) is 0 Å². The van der Waals surface area contributed by atoms with Gasteiger partial charge in [0.1, 0.15) is 0 Å². The minimum absolute atomic E-state index is 0.959. The lowest BCUT2D eigenvalue weighted by atomic mass is 9.99. The van der Waals surface area contributed by atoms with E-state index in [0.29, 0.717) is 0 Å². The highest BCUT2D eigenvalue weighted by atomic mass is 15.1. The van der Waals surface area contributed by atoms with Crippen LogP contribution in [-0.4, -0.2) is 7.05 Å². The minimum atomic E-state index is 0.959. The molecule has 9 aromatic carbocycles. The number of hydrogen-bond donors (Lipinski definition) is 0. The summed E-state index contributed by atoms with van der Waals surface area (Å²) < 4.78 is 0. The summed E-state index contributed by atoms with van der Waals surface area (Å²) in [5, 5.41) is 0. The normalized spacial score (nSPS) is 11.1. The van der Waals surface area contributed by atoms with Crippen molar-refractivity contribution in [1.82, 2.24) is 0 Å². The first kappa shape index (κ1) is 41.0. The monoisotopic (exact) mass is 823 g/mol. The first-order chi connectivity index (χ1) is 31.6. The van der Waals surface area contributed by atoms with Crippen LogP contribution in [0.2, 0.25) is 0 Å². The zero-order chi connectivity index (χ0) is 43.7.